The first-order valence-corrected chi connectivity index (χ1v) is 9.14. The van der Waals surface area contributed by atoms with Gasteiger partial charge in [0.05, 0.1) is 17.6 Å². The number of hydrogen-bond donors (Lipinski definition) is 1. The minimum absolute atomic E-state index is 0.0609. The Kier molecular flexibility index (Phi) is 4.41. The van der Waals surface area contributed by atoms with Crippen molar-refractivity contribution in [3.63, 3.8) is 0 Å². The molecule has 3 heterocycles. The van der Waals surface area contributed by atoms with E-state index in [0.29, 0.717) is 18.5 Å². The fourth-order valence-electron chi connectivity index (χ4n) is 3.85. The van der Waals surface area contributed by atoms with Crippen molar-refractivity contribution in [2.24, 2.45) is 0 Å². The van der Waals surface area contributed by atoms with Gasteiger partial charge in [0.2, 0.25) is 5.91 Å². The highest BCUT2D eigenvalue weighted by molar-refractivity contribution is 6.07. The molecule has 2 amide bonds. The van der Waals surface area contributed by atoms with Crippen LogP contribution in [0, 0.1) is 0 Å². The normalized spacial score (nSPS) is 19.1. The molecule has 1 aromatic heterocycles. The molecule has 0 bridgehead atoms. The van der Waals surface area contributed by atoms with Crippen molar-refractivity contribution < 1.29 is 14.0 Å². The lowest BCUT2D eigenvalue weighted by atomic mass is 9.96. The van der Waals surface area contributed by atoms with Crippen LogP contribution in [-0.4, -0.2) is 38.0 Å². The summed E-state index contributed by atoms with van der Waals surface area (Å²) in [6, 6.07) is 9.30. The molecule has 2 aliphatic rings. The topological polar surface area (TPSA) is 65.8 Å². The largest absolute Gasteiger partial charge is 0.469 e. The molecule has 6 nitrogen and oxygen atoms in total. The summed E-state index contributed by atoms with van der Waals surface area (Å²) in [5, 5.41) is 2.91. The van der Waals surface area contributed by atoms with E-state index in [1.54, 1.807) is 18.2 Å². The molecule has 0 spiro atoms. The van der Waals surface area contributed by atoms with Crippen molar-refractivity contribution in [2.75, 3.05) is 29.9 Å². The number of nitrogens with zero attached hydrogens (tertiary/aromatic N) is 2. The van der Waals surface area contributed by atoms with Gasteiger partial charge in [-0.15, -0.1) is 0 Å². The standard InChI is InChI=1S/C20H23N3O3/c1-22-18-13-14(19(24)21-10-9-15-5-4-12-26-15)7-8-16(18)23-11-3-2-6-17(23)20(22)25/h4-5,7-8,12-13,17H,2-3,6,9-11H2,1H3,(H,21,24)/t17-/m0/s1. The number of benzene rings is 1. The molecule has 0 saturated carbocycles. The number of hydrogen-bond acceptors (Lipinski definition) is 4. The van der Waals surface area contributed by atoms with Gasteiger partial charge in [-0.2, -0.15) is 0 Å². The third-order valence-corrected chi connectivity index (χ3v) is 5.26. The van der Waals surface area contributed by atoms with Gasteiger partial charge in [-0.05, 0) is 49.6 Å². The van der Waals surface area contributed by atoms with E-state index in [4.69, 9.17) is 4.42 Å². The smallest absolute Gasteiger partial charge is 0.251 e. The van der Waals surface area contributed by atoms with Crippen LogP contribution in [0.4, 0.5) is 11.4 Å². The lowest BCUT2D eigenvalue weighted by Gasteiger charge is -2.44. The molecule has 1 N–H and O–H groups in total. The average molecular weight is 353 g/mol. The number of amides is 2. The fourth-order valence-corrected chi connectivity index (χ4v) is 3.85. The van der Waals surface area contributed by atoms with Crippen LogP contribution in [-0.2, 0) is 11.2 Å². The Morgan fingerprint density at radius 3 is 2.96 bits per heavy atom. The molecule has 0 aliphatic carbocycles. The highest BCUT2D eigenvalue weighted by atomic mass is 16.3. The number of likely N-dealkylation sites (N-methyl/N-ethyl adjacent to an activating group) is 1. The number of carbonyl (C=O) groups excluding carboxylic acids is 2. The first-order chi connectivity index (χ1) is 12.6. The molecule has 0 unspecified atom stereocenters. The first kappa shape index (κ1) is 16.7. The summed E-state index contributed by atoms with van der Waals surface area (Å²) in [6.45, 7) is 1.40. The van der Waals surface area contributed by atoms with Crippen LogP contribution in [0.2, 0.25) is 0 Å². The summed E-state index contributed by atoms with van der Waals surface area (Å²) in [6.07, 6.45) is 5.37. The summed E-state index contributed by atoms with van der Waals surface area (Å²) >= 11 is 0. The van der Waals surface area contributed by atoms with Crippen molar-refractivity contribution in [1.82, 2.24) is 5.32 Å². The molecule has 1 fully saturated rings. The summed E-state index contributed by atoms with van der Waals surface area (Å²) in [4.78, 5) is 29.0. The Labute approximate surface area is 152 Å². The monoisotopic (exact) mass is 353 g/mol. The van der Waals surface area contributed by atoms with E-state index in [1.165, 1.54) is 0 Å². The molecule has 4 rings (SSSR count). The lowest BCUT2D eigenvalue weighted by Crippen LogP contribution is -2.54. The second-order valence-corrected chi connectivity index (χ2v) is 6.89. The van der Waals surface area contributed by atoms with Crippen molar-refractivity contribution in [1.29, 1.82) is 0 Å². The average Bonchev–Trinajstić information content (AvgIpc) is 3.19. The zero-order valence-corrected chi connectivity index (χ0v) is 14.9. The van der Waals surface area contributed by atoms with E-state index in [2.05, 4.69) is 10.2 Å². The highest BCUT2D eigenvalue weighted by Gasteiger charge is 2.37. The van der Waals surface area contributed by atoms with Crippen LogP contribution in [0.3, 0.4) is 0 Å². The molecule has 1 saturated heterocycles. The highest BCUT2D eigenvalue weighted by Crippen LogP contribution is 2.39. The summed E-state index contributed by atoms with van der Waals surface area (Å²) < 4.78 is 5.27. The minimum Gasteiger partial charge on any atom is -0.469 e. The first-order valence-electron chi connectivity index (χ1n) is 9.14. The summed E-state index contributed by atoms with van der Waals surface area (Å²) in [7, 11) is 1.80. The molecule has 2 aliphatic heterocycles. The van der Waals surface area contributed by atoms with Crippen molar-refractivity contribution in [2.45, 2.75) is 31.7 Å². The van der Waals surface area contributed by atoms with Gasteiger partial charge in [0.15, 0.2) is 0 Å². The van der Waals surface area contributed by atoms with Crippen LogP contribution < -0.4 is 15.1 Å². The van der Waals surface area contributed by atoms with E-state index in [0.717, 1.165) is 42.9 Å². The Morgan fingerprint density at radius 1 is 1.27 bits per heavy atom. The van der Waals surface area contributed by atoms with Crippen LogP contribution >= 0.6 is 0 Å². The third kappa shape index (κ3) is 2.96. The van der Waals surface area contributed by atoms with Gasteiger partial charge in [-0.25, -0.2) is 0 Å². The van der Waals surface area contributed by atoms with Crippen molar-refractivity contribution >= 4 is 23.2 Å². The van der Waals surface area contributed by atoms with Gasteiger partial charge >= 0.3 is 0 Å². The molecular weight excluding hydrogens is 330 g/mol. The van der Waals surface area contributed by atoms with Crippen LogP contribution in [0.5, 0.6) is 0 Å². The maximum absolute atomic E-state index is 12.7. The van der Waals surface area contributed by atoms with Crippen LogP contribution in [0.15, 0.2) is 41.0 Å². The molecule has 1 aromatic carbocycles. The van der Waals surface area contributed by atoms with Gasteiger partial charge < -0.3 is 19.5 Å². The maximum Gasteiger partial charge on any atom is 0.251 e. The van der Waals surface area contributed by atoms with Gasteiger partial charge in [0.25, 0.3) is 5.91 Å². The number of rotatable bonds is 4. The number of nitrogens with one attached hydrogen (secondary N) is 1. The van der Waals surface area contributed by atoms with E-state index < -0.39 is 0 Å². The second kappa shape index (κ2) is 6.86. The maximum atomic E-state index is 12.7. The predicted molar refractivity (Wildman–Crippen MR) is 99.6 cm³/mol. The van der Waals surface area contributed by atoms with Crippen molar-refractivity contribution in [3.05, 3.63) is 47.9 Å². The molecule has 26 heavy (non-hydrogen) atoms. The molecule has 0 radical (unpaired) electrons. The summed E-state index contributed by atoms with van der Waals surface area (Å²) in [5.74, 6) is 0.825. The van der Waals surface area contributed by atoms with Crippen LogP contribution in [0.25, 0.3) is 0 Å². The van der Waals surface area contributed by atoms with E-state index in [-0.39, 0.29) is 17.9 Å². The number of fused-ring (bicyclic) bond motifs is 3. The second-order valence-electron chi connectivity index (χ2n) is 6.89. The molecule has 2 aromatic rings. The quantitative estimate of drug-likeness (QED) is 0.918. The fraction of sp³-hybridized carbons (Fsp3) is 0.400. The van der Waals surface area contributed by atoms with Crippen LogP contribution in [0.1, 0.15) is 35.4 Å². The SMILES string of the molecule is CN1C(=O)[C@@H]2CCCCN2c2ccc(C(=O)NCCc3ccco3)cc21. The lowest BCUT2D eigenvalue weighted by molar-refractivity contribution is -0.120. The van der Waals surface area contributed by atoms with Gasteiger partial charge in [0.1, 0.15) is 11.8 Å². The van der Waals surface area contributed by atoms with Gasteiger partial charge in [0, 0.05) is 32.1 Å². The molecule has 6 heteroatoms. The zero-order chi connectivity index (χ0) is 18.1. The Bertz CT molecular complexity index is 816. The summed E-state index contributed by atoms with van der Waals surface area (Å²) in [5.41, 5.74) is 2.43. The van der Waals surface area contributed by atoms with E-state index in [1.807, 2.05) is 30.3 Å². The Balaban J connectivity index is 1.51. The number of carbonyl (C=O) groups is 2. The van der Waals surface area contributed by atoms with Crippen molar-refractivity contribution in [3.8, 4) is 0 Å². The zero-order valence-electron chi connectivity index (χ0n) is 14.9. The number of piperidine rings is 1. The van der Waals surface area contributed by atoms with E-state index >= 15 is 0 Å². The Morgan fingerprint density at radius 2 is 2.15 bits per heavy atom. The minimum atomic E-state index is -0.138. The Hall–Kier alpha value is -2.76. The third-order valence-electron chi connectivity index (χ3n) is 5.26. The van der Waals surface area contributed by atoms with Gasteiger partial charge in [-0.1, -0.05) is 0 Å². The number of furan rings is 1. The molecule has 1 atom stereocenters. The molecule has 136 valence electrons. The molecular formula is C20H23N3O3. The van der Waals surface area contributed by atoms with Gasteiger partial charge in [-0.3, -0.25) is 9.59 Å². The predicted octanol–water partition coefficient (Wildman–Crippen LogP) is 2.59. The van der Waals surface area contributed by atoms with E-state index in [9.17, 15) is 9.59 Å². The number of anilines is 2.